The van der Waals surface area contributed by atoms with Gasteiger partial charge in [0.15, 0.2) is 11.6 Å². The van der Waals surface area contributed by atoms with Crippen molar-refractivity contribution in [2.24, 2.45) is 0 Å². The van der Waals surface area contributed by atoms with Gasteiger partial charge in [-0.2, -0.15) is 5.26 Å². The van der Waals surface area contributed by atoms with Gasteiger partial charge in [-0.3, -0.25) is 14.3 Å². The van der Waals surface area contributed by atoms with Gasteiger partial charge in [0.05, 0.1) is 35.3 Å². The molecule has 2 aromatic heterocycles. The van der Waals surface area contributed by atoms with Crippen LogP contribution < -0.4 is 15.6 Å². The monoisotopic (exact) mass is 469 g/mol. The second kappa shape index (κ2) is 9.28. The van der Waals surface area contributed by atoms with Gasteiger partial charge < -0.3 is 10.1 Å². The Kier molecular flexibility index (Phi) is 6.01. The number of hydrogen-bond acceptors (Lipinski definition) is 6. The quantitative estimate of drug-likeness (QED) is 0.474. The van der Waals surface area contributed by atoms with E-state index in [1.807, 2.05) is 19.1 Å². The molecule has 4 aromatic rings. The Bertz CT molecular complexity index is 1520. The van der Waals surface area contributed by atoms with E-state index in [0.29, 0.717) is 40.0 Å². The third-order valence-corrected chi connectivity index (χ3v) is 6.38. The van der Waals surface area contributed by atoms with Crippen molar-refractivity contribution < 1.29 is 9.13 Å². The first-order valence-corrected chi connectivity index (χ1v) is 11.5. The summed E-state index contributed by atoms with van der Waals surface area (Å²) in [5, 5.41) is 13.4. The molecule has 176 valence electrons. The number of hydrogen-bond donors (Lipinski definition) is 1. The average molecular weight is 470 g/mol. The molecule has 0 saturated carbocycles. The highest BCUT2D eigenvalue weighted by atomic mass is 19.1. The average Bonchev–Trinajstić information content (AvgIpc) is 3.37. The topological polar surface area (TPSA) is 92.8 Å². The van der Waals surface area contributed by atoms with Crippen molar-refractivity contribution >= 4 is 10.9 Å². The summed E-state index contributed by atoms with van der Waals surface area (Å²) in [6.45, 7) is 2.80. The molecule has 2 aromatic carbocycles. The highest BCUT2D eigenvalue weighted by Gasteiger charge is 2.22. The molecular weight excluding hydrogens is 445 g/mol. The normalized spacial score (nSPS) is 15.3. The van der Waals surface area contributed by atoms with Crippen molar-refractivity contribution in [2.45, 2.75) is 32.2 Å². The largest absolute Gasteiger partial charge is 0.494 e. The molecule has 3 heterocycles. The summed E-state index contributed by atoms with van der Waals surface area (Å²) in [7, 11) is 1.39. The molecular formula is C27H24FN5O2. The minimum absolute atomic E-state index is 0.0930. The van der Waals surface area contributed by atoms with Crippen molar-refractivity contribution in [3.05, 3.63) is 81.9 Å². The van der Waals surface area contributed by atoms with Crippen molar-refractivity contribution in [3.63, 3.8) is 0 Å². The molecule has 1 unspecified atom stereocenters. The van der Waals surface area contributed by atoms with Crippen LogP contribution in [0.1, 0.15) is 29.9 Å². The van der Waals surface area contributed by atoms with E-state index in [1.165, 1.54) is 23.8 Å². The SMILES string of the molecule is COc1ccc(-n2c(CC3CCCN3)nc3c(-c4ccc(C)nc4)cc(C#N)cc3c2=O)cc1F. The third kappa shape index (κ3) is 4.27. The molecule has 1 N–H and O–H groups in total. The van der Waals surface area contributed by atoms with Gasteiger partial charge in [-0.1, -0.05) is 6.07 Å². The number of fused-ring (bicyclic) bond motifs is 1. The number of methoxy groups -OCH3 is 1. The van der Waals surface area contributed by atoms with E-state index in [-0.39, 0.29) is 17.4 Å². The van der Waals surface area contributed by atoms with Crippen molar-refractivity contribution in [2.75, 3.05) is 13.7 Å². The minimum Gasteiger partial charge on any atom is -0.494 e. The molecule has 5 rings (SSSR count). The third-order valence-electron chi connectivity index (χ3n) is 6.38. The van der Waals surface area contributed by atoms with E-state index < -0.39 is 5.82 Å². The van der Waals surface area contributed by atoms with E-state index in [2.05, 4.69) is 16.4 Å². The zero-order valence-corrected chi connectivity index (χ0v) is 19.5. The van der Waals surface area contributed by atoms with Gasteiger partial charge in [0.25, 0.3) is 5.56 Å². The number of nitrogens with one attached hydrogen (secondary N) is 1. The van der Waals surface area contributed by atoms with Crippen LogP contribution in [0.5, 0.6) is 5.75 Å². The molecule has 1 atom stereocenters. The molecule has 1 saturated heterocycles. The maximum atomic E-state index is 14.6. The van der Waals surface area contributed by atoms with E-state index >= 15 is 0 Å². The minimum atomic E-state index is -0.570. The summed E-state index contributed by atoms with van der Waals surface area (Å²) >= 11 is 0. The molecule has 0 bridgehead atoms. The lowest BCUT2D eigenvalue weighted by atomic mass is 10.00. The van der Waals surface area contributed by atoms with Crippen molar-refractivity contribution in [1.29, 1.82) is 5.26 Å². The summed E-state index contributed by atoms with van der Waals surface area (Å²) in [4.78, 5) is 23.3. The predicted octanol–water partition coefficient (Wildman–Crippen LogP) is 4.07. The number of halogens is 1. The van der Waals surface area contributed by atoms with E-state index in [0.717, 1.165) is 30.6 Å². The van der Waals surface area contributed by atoms with Crippen LogP contribution >= 0.6 is 0 Å². The Balaban J connectivity index is 1.81. The second-order valence-corrected chi connectivity index (χ2v) is 8.70. The number of aromatic nitrogens is 3. The van der Waals surface area contributed by atoms with Crippen LogP contribution in [-0.4, -0.2) is 34.2 Å². The Morgan fingerprint density at radius 1 is 1.26 bits per heavy atom. The highest BCUT2D eigenvalue weighted by molar-refractivity contribution is 5.94. The van der Waals surface area contributed by atoms with Crippen molar-refractivity contribution in [1.82, 2.24) is 19.9 Å². The van der Waals surface area contributed by atoms with Gasteiger partial charge >= 0.3 is 0 Å². The van der Waals surface area contributed by atoms with E-state index in [4.69, 9.17) is 9.72 Å². The fraction of sp³-hybridized carbons (Fsp3) is 0.259. The molecule has 35 heavy (non-hydrogen) atoms. The molecule has 0 aliphatic carbocycles. The predicted molar refractivity (Wildman–Crippen MR) is 131 cm³/mol. The second-order valence-electron chi connectivity index (χ2n) is 8.70. The van der Waals surface area contributed by atoms with Crippen LogP contribution in [0.4, 0.5) is 4.39 Å². The number of benzene rings is 2. The Labute approximate surface area is 201 Å². The van der Waals surface area contributed by atoms with Gasteiger partial charge in [0, 0.05) is 41.5 Å². The van der Waals surface area contributed by atoms with Crippen LogP contribution in [-0.2, 0) is 6.42 Å². The number of pyridine rings is 1. The highest BCUT2D eigenvalue weighted by Crippen LogP contribution is 2.29. The summed E-state index contributed by atoms with van der Waals surface area (Å²) < 4.78 is 21.1. The molecule has 0 radical (unpaired) electrons. The van der Waals surface area contributed by atoms with Crippen LogP contribution in [0.15, 0.2) is 53.5 Å². The van der Waals surface area contributed by atoms with Gasteiger partial charge in [-0.15, -0.1) is 0 Å². The molecule has 1 aliphatic heterocycles. The molecule has 8 heteroatoms. The zero-order chi connectivity index (χ0) is 24.5. The van der Waals surface area contributed by atoms with E-state index in [1.54, 1.807) is 24.4 Å². The Morgan fingerprint density at radius 2 is 2.11 bits per heavy atom. The van der Waals surface area contributed by atoms with Gasteiger partial charge in [0.2, 0.25) is 0 Å². The number of ether oxygens (including phenoxy) is 1. The van der Waals surface area contributed by atoms with Gasteiger partial charge in [-0.25, -0.2) is 9.37 Å². The van der Waals surface area contributed by atoms with Crippen LogP contribution in [0.3, 0.4) is 0 Å². The Hall–Kier alpha value is -4.09. The summed E-state index contributed by atoms with van der Waals surface area (Å²) in [5.41, 5.74) is 3.13. The first-order chi connectivity index (χ1) is 17.0. The van der Waals surface area contributed by atoms with Gasteiger partial charge in [0.1, 0.15) is 5.82 Å². The fourth-order valence-electron chi connectivity index (χ4n) is 4.60. The standard InChI is InChI=1S/C27H24FN5O2/c1-16-5-6-18(15-31-16)21-10-17(14-29)11-22-26(21)32-25(12-19-4-3-9-30-19)33(27(22)34)20-7-8-24(35-2)23(28)13-20/h5-8,10-11,13,15,19,30H,3-4,9,12H2,1-2H3. The maximum absolute atomic E-state index is 14.6. The summed E-state index contributed by atoms with van der Waals surface area (Å²) in [5.74, 6) is 0.0482. The number of nitrogens with zero attached hydrogens (tertiary/aromatic N) is 4. The smallest absolute Gasteiger partial charge is 0.266 e. The molecule has 1 fully saturated rings. The molecule has 0 amide bonds. The maximum Gasteiger partial charge on any atom is 0.266 e. The van der Waals surface area contributed by atoms with Crippen LogP contribution in [0, 0.1) is 24.1 Å². The number of aryl methyl sites for hydroxylation is 1. The Morgan fingerprint density at radius 3 is 2.77 bits per heavy atom. The molecule has 1 aliphatic rings. The lowest BCUT2D eigenvalue weighted by Crippen LogP contribution is -2.30. The lowest BCUT2D eigenvalue weighted by molar-refractivity contribution is 0.386. The summed E-state index contributed by atoms with van der Waals surface area (Å²) in [6, 6.07) is 13.8. The number of rotatable bonds is 5. The number of nitriles is 1. The first-order valence-electron chi connectivity index (χ1n) is 11.5. The van der Waals surface area contributed by atoms with Crippen LogP contribution in [0.2, 0.25) is 0 Å². The zero-order valence-electron chi connectivity index (χ0n) is 19.5. The fourth-order valence-corrected chi connectivity index (χ4v) is 4.60. The summed E-state index contributed by atoms with van der Waals surface area (Å²) in [6.07, 6.45) is 4.23. The molecule has 0 spiro atoms. The first kappa shape index (κ1) is 22.7. The van der Waals surface area contributed by atoms with Crippen LogP contribution in [0.25, 0.3) is 27.7 Å². The van der Waals surface area contributed by atoms with Crippen molar-refractivity contribution in [3.8, 4) is 28.6 Å². The lowest BCUT2D eigenvalue weighted by Gasteiger charge is -2.18. The molecule has 7 nitrogen and oxygen atoms in total. The van der Waals surface area contributed by atoms with E-state index in [9.17, 15) is 14.4 Å². The van der Waals surface area contributed by atoms with Gasteiger partial charge in [-0.05, 0) is 56.6 Å².